The number of phenols is 1. The lowest BCUT2D eigenvalue weighted by Crippen LogP contribution is -2.26. The van der Waals surface area contributed by atoms with Crippen LogP contribution in [0.4, 0.5) is 0 Å². The highest BCUT2D eigenvalue weighted by Crippen LogP contribution is 2.36. The summed E-state index contributed by atoms with van der Waals surface area (Å²) in [5, 5.41) is 10.6. The van der Waals surface area contributed by atoms with Crippen molar-refractivity contribution in [1.82, 2.24) is 4.57 Å². The van der Waals surface area contributed by atoms with E-state index in [0.717, 1.165) is 27.9 Å². The van der Waals surface area contributed by atoms with Gasteiger partial charge in [0.15, 0.2) is 0 Å². The number of esters is 1. The number of benzene rings is 2. The Hall–Kier alpha value is -3.47. The molecule has 148 valence electrons. The first-order valence-corrected chi connectivity index (χ1v) is 9.49. The Morgan fingerprint density at radius 2 is 1.76 bits per heavy atom. The number of hydrogen-bond acceptors (Lipinski definition) is 4. The standard InChI is InChI=1S/C24H23NO4/c1-24(2,3)29-23(27)14-25-20(16-7-5-4-6-8-16)11-12-21(25)19-15-28-22-13-17(26)9-10-18(19)22/h4-13,15,26H,14H2,1-3H3. The molecule has 4 rings (SSSR count). The minimum atomic E-state index is -0.558. The van der Waals surface area contributed by atoms with Gasteiger partial charge in [-0.05, 0) is 50.6 Å². The van der Waals surface area contributed by atoms with Crippen molar-refractivity contribution in [3.8, 4) is 28.3 Å². The fraction of sp³-hybridized carbons (Fsp3) is 0.208. The van der Waals surface area contributed by atoms with E-state index in [1.54, 1.807) is 18.4 Å². The first-order chi connectivity index (χ1) is 13.8. The van der Waals surface area contributed by atoms with Crippen LogP contribution in [0.3, 0.4) is 0 Å². The number of aromatic hydroxyl groups is 1. The van der Waals surface area contributed by atoms with E-state index in [1.807, 2.05) is 73.9 Å². The molecule has 2 heterocycles. The SMILES string of the molecule is CC(C)(C)OC(=O)Cn1c(-c2ccccc2)ccc1-c1coc2cc(O)ccc12. The van der Waals surface area contributed by atoms with Crippen LogP contribution >= 0.6 is 0 Å². The molecule has 2 aromatic heterocycles. The molecular weight excluding hydrogens is 366 g/mol. The number of hydrogen-bond donors (Lipinski definition) is 1. The zero-order valence-electron chi connectivity index (χ0n) is 16.7. The summed E-state index contributed by atoms with van der Waals surface area (Å²) in [5.41, 5.74) is 3.65. The van der Waals surface area contributed by atoms with Crippen LogP contribution in [0, 0.1) is 0 Å². The van der Waals surface area contributed by atoms with Gasteiger partial charge in [-0.1, -0.05) is 30.3 Å². The van der Waals surface area contributed by atoms with Gasteiger partial charge in [0, 0.05) is 22.7 Å². The van der Waals surface area contributed by atoms with Crippen molar-refractivity contribution in [1.29, 1.82) is 0 Å². The van der Waals surface area contributed by atoms with Gasteiger partial charge in [-0.25, -0.2) is 0 Å². The summed E-state index contributed by atoms with van der Waals surface area (Å²) in [4.78, 5) is 12.6. The van der Waals surface area contributed by atoms with Gasteiger partial charge in [-0.3, -0.25) is 4.79 Å². The molecule has 29 heavy (non-hydrogen) atoms. The molecule has 0 atom stereocenters. The van der Waals surface area contributed by atoms with Crippen molar-refractivity contribution in [2.75, 3.05) is 0 Å². The fourth-order valence-corrected chi connectivity index (χ4v) is 3.45. The molecule has 0 spiro atoms. The number of phenolic OH excluding ortho intramolecular Hbond substituents is 1. The molecule has 0 saturated carbocycles. The number of carbonyl (C=O) groups is 1. The van der Waals surface area contributed by atoms with Crippen molar-refractivity contribution < 1.29 is 19.1 Å². The first kappa shape index (κ1) is 18.9. The van der Waals surface area contributed by atoms with Crippen molar-refractivity contribution >= 4 is 16.9 Å². The first-order valence-electron chi connectivity index (χ1n) is 9.49. The minimum absolute atomic E-state index is 0.0780. The van der Waals surface area contributed by atoms with Crippen LogP contribution in [0.1, 0.15) is 20.8 Å². The monoisotopic (exact) mass is 389 g/mol. The van der Waals surface area contributed by atoms with Crippen molar-refractivity contribution in [3.05, 3.63) is 66.9 Å². The Morgan fingerprint density at radius 3 is 2.48 bits per heavy atom. The smallest absolute Gasteiger partial charge is 0.326 e. The van der Waals surface area contributed by atoms with Crippen LogP contribution in [0.2, 0.25) is 0 Å². The molecule has 0 aliphatic rings. The zero-order valence-corrected chi connectivity index (χ0v) is 16.7. The second kappa shape index (κ2) is 7.17. The van der Waals surface area contributed by atoms with Crippen LogP contribution in [-0.2, 0) is 16.1 Å². The maximum absolute atomic E-state index is 12.6. The second-order valence-corrected chi connectivity index (χ2v) is 7.97. The highest BCUT2D eigenvalue weighted by molar-refractivity contribution is 5.94. The molecule has 0 aliphatic heterocycles. The summed E-state index contributed by atoms with van der Waals surface area (Å²) in [6, 6.07) is 18.9. The highest BCUT2D eigenvalue weighted by atomic mass is 16.6. The molecule has 0 radical (unpaired) electrons. The molecule has 0 fully saturated rings. The topological polar surface area (TPSA) is 64.6 Å². The maximum Gasteiger partial charge on any atom is 0.326 e. The number of carbonyl (C=O) groups excluding carboxylic acids is 1. The maximum atomic E-state index is 12.6. The highest BCUT2D eigenvalue weighted by Gasteiger charge is 2.21. The predicted molar refractivity (Wildman–Crippen MR) is 113 cm³/mol. The van der Waals surface area contributed by atoms with E-state index in [-0.39, 0.29) is 18.3 Å². The molecule has 0 unspecified atom stereocenters. The molecule has 1 N–H and O–H groups in total. The van der Waals surface area contributed by atoms with Crippen LogP contribution < -0.4 is 0 Å². The van der Waals surface area contributed by atoms with Crippen LogP contribution in [-0.4, -0.2) is 21.2 Å². The van der Waals surface area contributed by atoms with E-state index in [9.17, 15) is 9.90 Å². The van der Waals surface area contributed by atoms with Gasteiger partial charge >= 0.3 is 5.97 Å². The van der Waals surface area contributed by atoms with Crippen LogP contribution in [0.25, 0.3) is 33.5 Å². The molecule has 5 nitrogen and oxygen atoms in total. The normalized spacial score (nSPS) is 11.7. The van der Waals surface area contributed by atoms with Crippen molar-refractivity contribution in [2.45, 2.75) is 32.9 Å². The fourth-order valence-electron chi connectivity index (χ4n) is 3.45. The Kier molecular flexibility index (Phi) is 4.66. The lowest BCUT2D eigenvalue weighted by molar-refractivity contribution is -0.155. The van der Waals surface area contributed by atoms with Crippen LogP contribution in [0.5, 0.6) is 5.75 Å². The lowest BCUT2D eigenvalue weighted by atomic mass is 10.1. The summed E-state index contributed by atoms with van der Waals surface area (Å²) >= 11 is 0. The molecular formula is C24H23NO4. The molecule has 2 aromatic carbocycles. The summed E-state index contributed by atoms with van der Waals surface area (Å²) < 4.78 is 13.2. The van der Waals surface area contributed by atoms with Crippen molar-refractivity contribution in [2.24, 2.45) is 0 Å². The average Bonchev–Trinajstić information content (AvgIpc) is 3.24. The second-order valence-electron chi connectivity index (χ2n) is 7.97. The van der Waals surface area contributed by atoms with Gasteiger partial charge < -0.3 is 18.8 Å². The van der Waals surface area contributed by atoms with Gasteiger partial charge in [0.2, 0.25) is 0 Å². The summed E-state index contributed by atoms with van der Waals surface area (Å²) in [5.74, 6) is -0.162. The van der Waals surface area contributed by atoms with E-state index >= 15 is 0 Å². The van der Waals surface area contributed by atoms with Crippen molar-refractivity contribution in [3.63, 3.8) is 0 Å². The number of furan rings is 1. The number of aromatic nitrogens is 1. The van der Waals surface area contributed by atoms with Gasteiger partial charge in [0.05, 0.1) is 5.69 Å². The third kappa shape index (κ3) is 3.90. The van der Waals surface area contributed by atoms with E-state index in [1.165, 1.54) is 0 Å². The summed E-state index contributed by atoms with van der Waals surface area (Å²) in [6.45, 7) is 5.65. The molecule has 0 saturated heterocycles. The third-order valence-corrected chi connectivity index (χ3v) is 4.59. The van der Waals surface area contributed by atoms with E-state index in [4.69, 9.17) is 9.15 Å². The van der Waals surface area contributed by atoms with Gasteiger partial charge in [-0.15, -0.1) is 0 Å². The van der Waals surface area contributed by atoms with Crippen LogP contribution in [0.15, 0.2) is 71.3 Å². The summed E-state index contributed by atoms with van der Waals surface area (Å²) in [7, 11) is 0. The summed E-state index contributed by atoms with van der Waals surface area (Å²) in [6.07, 6.45) is 1.65. The molecule has 0 bridgehead atoms. The molecule has 0 amide bonds. The molecule has 0 aliphatic carbocycles. The molecule has 5 heteroatoms. The average molecular weight is 389 g/mol. The Labute approximate surface area is 169 Å². The number of ether oxygens (including phenoxy) is 1. The molecule has 4 aromatic rings. The van der Waals surface area contributed by atoms with E-state index < -0.39 is 5.60 Å². The number of rotatable bonds is 4. The Morgan fingerprint density at radius 1 is 1.03 bits per heavy atom. The number of fused-ring (bicyclic) bond motifs is 1. The van der Waals surface area contributed by atoms with E-state index in [2.05, 4.69) is 0 Å². The third-order valence-electron chi connectivity index (χ3n) is 4.59. The minimum Gasteiger partial charge on any atom is -0.508 e. The van der Waals surface area contributed by atoms with E-state index in [0.29, 0.717) is 5.58 Å². The predicted octanol–water partition coefficient (Wildman–Crippen LogP) is 5.62. The number of nitrogens with zero attached hydrogens (tertiary/aromatic N) is 1. The quantitative estimate of drug-likeness (QED) is 0.460. The zero-order chi connectivity index (χ0) is 20.6. The van der Waals surface area contributed by atoms with Gasteiger partial charge in [0.25, 0.3) is 0 Å². The Bertz CT molecular complexity index is 1160. The van der Waals surface area contributed by atoms with Gasteiger partial charge in [-0.2, -0.15) is 0 Å². The largest absolute Gasteiger partial charge is 0.508 e. The lowest BCUT2D eigenvalue weighted by Gasteiger charge is -2.21. The Balaban J connectivity index is 1.83. The van der Waals surface area contributed by atoms with Gasteiger partial charge in [0.1, 0.15) is 29.7 Å².